The van der Waals surface area contributed by atoms with Crippen LogP contribution in [0.3, 0.4) is 0 Å². The molecular weight excluding hydrogens is 276 g/mol. The van der Waals surface area contributed by atoms with Crippen LogP contribution >= 0.6 is 0 Å². The van der Waals surface area contributed by atoms with Crippen molar-refractivity contribution in [3.8, 4) is 0 Å². The Balaban J connectivity index is 2.04. The highest BCUT2D eigenvalue weighted by atomic mass is 19.3. The van der Waals surface area contributed by atoms with Gasteiger partial charge in [-0.3, -0.25) is 4.79 Å². The van der Waals surface area contributed by atoms with E-state index in [1.807, 2.05) is 30.3 Å². The van der Waals surface area contributed by atoms with Gasteiger partial charge in [0.1, 0.15) is 0 Å². The van der Waals surface area contributed by atoms with Crippen LogP contribution in [0.4, 0.5) is 8.78 Å². The van der Waals surface area contributed by atoms with Crippen molar-refractivity contribution in [2.24, 2.45) is 5.92 Å². The lowest BCUT2D eigenvalue weighted by Crippen LogP contribution is -2.40. The summed E-state index contributed by atoms with van der Waals surface area (Å²) in [6.45, 7) is -0.185. The summed E-state index contributed by atoms with van der Waals surface area (Å²) < 4.78 is 26.3. The SMILES string of the molecule is CN(C(=O)C1CCC(F)(F)CC1)[C@@H](CO)c1ccccc1. The lowest BCUT2D eigenvalue weighted by molar-refractivity contribution is -0.141. The van der Waals surface area contributed by atoms with Gasteiger partial charge in [-0.25, -0.2) is 8.78 Å². The zero-order valence-corrected chi connectivity index (χ0v) is 12.1. The van der Waals surface area contributed by atoms with E-state index >= 15 is 0 Å². The van der Waals surface area contributed by atoms with Crippen LogP contribution in [0.15, 0.2) is 30.3 Å². The fraction of sp³-hybridized carbons (Fsp3) is 0.562. The van der Waals surface area contributed by atoms with Gasteiger partial charge in [0.25, 0.3) is 0 Å². The van der Waals surface area contributed by atoms with Crippen molar-refractivity contribution in [1.82, 2.24) is 4.90 Å². The molecule has 1 aliphatic carbocycles. The van der Waals surface area contributed by atoms with E-state index in [-0.39, 0.29) is 44.1 Å². The zero-order chi connectivity index (χ0) is 15.5. The van der Waals surface area contributed by atoms with Crippen molar-refractivity contribution in [1.29, 1.82) is 0 Å². The van der Waals surface area contributed by atoms with Crippen LogP contribution in [0.25, 0.3) is 0 Å². The highest BCUT2D eigenvalue weighted by Gasteiger charge is 2.39. The van der Waals surface area contributed by atoms with Crippen LogP contribution in [0.2, 0.25) is 0 Å². The Bertz CT molecular complexity index is 468. The highest BCUT2D eigenvalue weighted by molar-refractivity contribution is 5.79. The molecule has 0 radical (unpaired) electrons. The molecule has 2 rings (SSSR count). The van der Waals surface area contributed by atoms with Crippen molar-refractivity contribution in [3.63, 3.8) is 0 Å². The minimum atomic E-state index is -2.63. The predicted octanol–water partition coefficient (Wildman–Crippen LogP) is 3.00. The summed E-state index contributed by atoms with van der Waals surface area (Å²) in [5.74, 6) is -3.16. The molecule has 1 amide bonds. The first-order valence-electron chi connectivity index (χ1n) is 7.25. The topological polar surface area (TPSA) is 40.5 Å². The van der Waals surface area contributed by atoms with Crippen LogP contribution in [0.1, 0.15) is 37.3 Å². The number of rotatable bonds is 4. The van der Waals surface area contributed by atoms with Gasteiger partial charge < -0.3 is 10.0 Å². The molecule has 21 heavy (non-hydrogen) atoms. The first-order valence-corrected chi connectivity index (χ1v) is 7.25. The second-order valence-electron chi connectivity index (χ2n) is 5.69. The summed E-state index contributed by atoms with van der Waals surface area (Å²) in [7, 11) is 1.63. The largest absolute Gasteiger partial charge is 0.394 e. The fourth-order valence-corrected chi connectivity index (χ4v) is 2.86. The van der Waals surface area contributed by atoms with Gasteiger partial charge in [0.15, 0.2) is 0 Å². The molecule has 0 saturated heterocycles. The molecule has 0 spiro atoms. The van der Waals surface area contributed by atoms with Crippen LogP contribution in [-0.2, 0) is 4.79 Å². The Morgan fingerprint density at radius 1 is 1.33 bits per heavy atom. The second kappa shape index (κ2) is 6.52. The fourth-order valence-electron chi connectivity index (χ4n) is 2.86. The summed E-state index contributed by atoms with van der Waals surface area (Å²) in [4.78, 5) is 13.9. The van der Waals surface area contributed by atoms with Crippen LogP contribution in [0, 0.1) is 5.92 Å². The molecule has 1 N–H and O–H groups in total. The number of hydrogen-bond donors (Lipinski definition) is 1. The van der Waals surface area contributed by atoms with Crippen molar-refractivity contribution in [2.45, 2.75) is 37.6 Å². The number of likely N-dealkylation sites (N-methyl/N-ethyl adjacent to an activating group) is 1. The third-order valence-electron chi connectivity index (χ3n) is 4.24. The maximum absolute atomic E-state index is 13.2. The number of hydrogen-bond acceptors (Lipinski definition) is 2. The number of alkyl halides is 2. The molecular formula is C16H21F2NO2. The molecule has 0 aromatic heterocycles. The summed E-state index contributed by atoms with van der Waals surface area (Å²) >= 11 is 0. The van der Waals surface area contributed by atoms with Crippen LogP contribution in [-0.4, -0.2) is 35.5 Å². The maximum atomic E-state index is 13.2. The molecule has 1 aromatic carbocycles. The minimum absolute atomic E-state index is 0.159. The van der Waals surface area contributed by atoms with Crippen molar-refractivity contribution < 1.29 is 18.7 Å². The molecule has 3 nitrogen and oxygen atoms in total. The Morgan fingerprint density at radius 3 is 2.43 bits per heavy atom. The third-order valence-corrected chi connectivity index (χ3v) is 4.24. The van der Waals surface area contributed by atoms with Gasteiger partial charge in [0.05, 0.1) is 12.6 Å². The number of halogens is 2. The van der Waals surface area contributed by atoms with Gasteiger partial charge in [-0.05, 0) is 18.4 Å². The van der Waals surface area contributed by atoms with E-state index in [9.17, 15) is 18.7 Å². The molecule has 0 unspecified atom stereocenters. The number of carbonyl (C=O) groups excluding carboxylic acids is 1. The van der Waals surface area contributed by atoms with Crippen molar-refractivity contribution in [3.05, 3.63) is 35.9 Å². The van der Waals surface area contributed by atoms with E-state index in [1.165, 1.54) is 4.90 Å². The van der Waals surface area contributed by atoms with E-state index in [1.54, 1.807) is 7.05 Å². The van der Waals surface area contributed by atoms with Gasteiger partial charge in [0, 0.05) is 25.8 Å². The van der Waals surface area contributed by atoms with Gasteiger partial charge in [-0.2, -0.15) is 0 Å². The summed E-state index contributed by atoms with van der Waals surface area (Å²) in [6.07, 6.45) is -0.0367. The summed E-state index contributed by atoms with van der Waals surface area (Å²) in [5.41, 5.74) is 0.844. The molecule has 116 valence electrons. The Kier molecular flexibility index (Phi) is 4.93. The number of aliphatic hydroxyl groups excluding tert-OH is 1. The third kappa shape index (κ3) is 3.79. The van der Waals surface area contributed by atoms with Crippen molar-refractivity contribution >= 4 is 5.91 Å². The summed E-state index contributed by atoms with van der Waals surface area (Å²) in [5, 5.41) is 9.57. The average molecular weight is 297 g/mol. The molecule has 1 atom stereocenters. The zero-order valence-electron chi connectivity index (χ0n) is 12.1. The number of amides is 1. The second-order valence-corrected chi connectivity index (χ2v) is 5.69. The van der Waals surface area contributed by atoms with E-state index in [4.69, 9.17) is 0 Å². The van der Waals surface area contributed by atoms with E-state index in [0.717, 1.165) is 5.56 Å². The molecule has 0 bridgehead atoms. The van der Waals surface area contributed by atoms with E-state index in [2.05, 4.69) is 0 Å². The number of benzene rings is 1. The van der Waals surface area contributed by atoms with Crippen molar-refractivity contribution in [2.75, 3.05) is 13.7 Å². The molecule has 1 aliphatic rings. The first kappa shape index (κ1) is 15.9. The van der Waals surface area contributed by atoms with Gasteiger partial charge >= 0.3 is 0 Å². The normalized spacial score (nSPS) is 20.0. The van der Waals surface area contributed by atoms with Gasteiger partial charge in [-0.1, -0.05) is 30.3 Å². The van der Waals surface area contributed by atoms with E-state index < -0.39 is 12.0 Å². The smallest absolute Gasteiger partial charge is 0.248 e. The lowest BCUT2D eigenvalue weighted by Gasteiger charge is -2.33. The van der Waals surface area contributed by atoms with Gasteiger partial charge in [0.2, 0.25) is 11.8 Å². The lowest BCUT2D eigenvalue weighted by atomic mass is 9.85. The molecule has 5 heteroatoms. The number of nitrogens with zero attached hydrogens (tertiary/aromatic N) is 1. The first-order chi connectivity index (χ1) is 9.94. The quantitative estimate of drug-likeness (QED) is 0.928. The van der Waals surface area contributed by atoms with E-state index in [0.29, 0.717) is 0 Å². The van der Waals surface area contributed by atoms with Crippen LogP contribution in [0.5, 0.6) is 0 Å². The van der Waals surface area contributed by atoms with Gasteiger partial charge in [-0.15, -0.1) is 0 Å². The molecule has 1 fully saturated rings. The highest BCUT2D eigenvalue weighted by Crippen LogP contribution is 2.37. The number of aliphatic hydroxyl groups is 1. The Morgan fingerprint density at radius 2 is 1.90 bits per heavy atom. The minimum Gasteiger partial charge on any atom is -0.394 e. The Hall–Kier alpha value is -1.49. The number of carbonyl (C=O) groups is 1. The predicted molar refractivity (Wildman–Crippen MR) is 75.9 cm³/mol. The monoisotopic (exact) mass is 297 g/mol. The molecule has 1 aromatic rings. The molecule has 1 saturated carbocycles. The molecule has 0 heterocycles. The average Bonchev–Trinajstić information content (AvgIpc) is 2.48. The standard InChI is InChI=1S/C16H21F2NO2/c1-19(14(11-20)12-5-3-2-4-6-12)15(21)13-7-9-16(17,18)10-8-13/h2-6,13-14,20H,7-11H2,1H3/t14-/m0/s1. The maximum Gasteiger partial charge on any atom is 0.248 e. The van der Waals surface area contributed by atoms with Crippen LogP contribution < -0.4 is 0 Å². The Labute approximate surface area is 123 Å². The summed E-state index contributed by atoms with van der Waals surface area (Å²) in [6, 6.07) is 8.82. The molecule has 0 aliphatic heterocycles.